The lowest BCUT2D eigenvalue weighted by Crippen LogP contribution is -2.29. The molecule has 0 saturated heterocycles. The summed E-state index contributed by atoms with van der Waals surface area (Å²) in [6.07, 6.45) is 1.06. The van der Waals surface area contributed by atoms with E-state index in [-0.39, 0.29) is 0 Å². The number of hydrogen-bond acceptors (Lipinski definition) is 3. The van der Waals surface area contributed by atoms with Gasteiger partial charge < -0.3 is 15.8 Å². The highest BCUT2D eigenvalue weighted by atomic mass is 16.5. The molecule has 1 heterocycles. The fourth-order valence-corrected chi connectivity index (χ4v) is 1.93. The third-order valence-corrected chi connectivity index (χ3v) is 2.59. The van der Waals surface area contributed by atoms with Crippen LogP contribution in [0.5, 0.6) is 5.75 Å². The monoisotopic (exact) mass is 192 g/mol. The molecule has 0 spiro atoms. The third kappa shape index (κ3) is 1.68. The van der Waals surface area contributed by atoms with Crippen LogP contribution in [0.3, 0.4) is 0 Å². The van der Waals surface area contributed by atoms with Gasteiger partial charge in [-0.15, -0.1) is 0 Å². The Bertz CT molecular complexity index is 325. The maximum absolute atomic E-state index is 5.82. The highest BCUT2D eigenvalue weighted by Crippen LogP contribution is 2.32. The van der Waals surface area contributed by atoms with Crippen LogP contribution in [0.15, 0.2) is 18.2 Å². The van der Waals surface area contributed by atoms with Crippen LogP contribution >= 0.6 is 0 Å². The van der Waals surface area contributed by atoms with E-state index in [9.17, 15) is 0 Å². The Morgan fingerprint density at radius 2 is 2.43 bits per heavy atom. The van der Waals surface area contributed by atoms with E-state index in [4.69, 9.17) is 10.5 Å². The van der Waals surface area contributed by atoms with Crippen LogP contribution in [0.1, 0.15) is 5.56 Å². The predicted molar refractivity (Wildman–Crippen MR) is 57.5 cm³/mol. The summed E-state index contributed by atoms with van der Waals surface area (Å²) in [5.74, 6) is 1.45. The molecule has 0 radical (unpaired) electrons. The second kappa shape index (κ2) is 3.88. The molecular formula is C11H16N2O. The minimum Gasteiger partial charge on any atom is -0.491 e. The lowest BCUT2D eigenvalue weighted by Gasteiger charge is -2.25. The van der Waals surface area contributed by atoms with Gasteiger partial charge in [0.25, 0.3) is 0 Å². The Hall–Kier alpha value is -1.22. The van der Waals surface area contributed by atoms with Gasteiger partial charge in [-0.2, -0.15) is 0 Å². The van der Waals surface area contributed by atoms with Crippen molar-refractivity contribution in [3.05, 3.63) is 23.8 Å². The average Bonchev–Trinajstić information content (AvgIpc) is 2.18. The zero-order valence-corrected chi connectivity index (χ0v) is 8.42. The fourth-order valence-electron chi connectivity index (χ4n) is 1.93. The molecule has 1 aromatic carbocycles. The van der Waals surface area contributed by atoms with Crippen molar-refractivity contribution < 1.29 is 4.74 Å². The normalized spacial score (nSPS) is 19.9. The smallest absolute Gasteiger partial charge is 0.145 e. The number of fused-ring (bicyclic) bond motifs is 1. The Labute approximate surface area is 84.3 Å². The lowest BCUT2D eigenvalue weighted by atomic mass is 9.96. The van der Waals surface area contributed by atoms with E-state index in [0.29, 0.717) is 5.92 Å². The van der Waals surface area contributed by atoms with Crippen molar-refractivity contribution in [3.63, 3.8) is 0 Å². The summed E-state index contributed by atoms with van der Waals surface area (Å²) < 4.78 is 5.65. The van der Waals surface area contributed by atoms with E-state index in [1.165, 1.54) is 5.56 Å². The second-order valence-electron chi connectivity index (χ2n) is 3.77. The first-order chi connectivity index (χ1) is 6.81. The quantitative estimate of drug-likeness (QED) is 0.688. The van der Waals surface area contributed by atoms with Crippen LogP contribution in [0.2, 0.25) is 0 Å². The molecule has 14 heavy (non-hydrogen) atoms. The van der Waals surface area contributed by atoms with Gasteiger partial charge in [-0.05, 0) is 25.1 Å². The molecule has 1 aliphatic heterocycles. The van der Waals surface area contributed by atoms with Crippen molar-refractivity contribution in [1.29, 1.82) is 0 Å². The van der Waals surface area contributed by atoms with Crippen LogP contribution < -0.4 is 15.8 Å². The van der Waals surface area contributed by atoms with Gasteiger partial charge in [0.05, 0.1) is 12.3 Å². The number of nitrogen functional groups attached to an aromatic ring is 1. The molecule has 1 unspecified atom stereocenters. The highest BCUT2D eigenvalue weighted by Gasteiger charge is 2.20. The van der Waals surface area contributed by atoms with Gasteiger partial charge in [0.15, 0.2) is 0 Å². The Kier molecular flexibility index (Phi) is 2.59. The number of nitrogens with one attached hydrogen (secondary N) is 1. The van der Waals surface area contributed by atoms with E-state index in [2.05, 4.69) is 11.4 Å². The molecule has 76 valence electrons. The maximum Gasteiger partial charge on any atom is 0.145 e. The van der Waals surface area contributed by atoms with Crippen molar-refractivity contribution in [3.8, 4) is 5.75 Å². The molecule has 3 N–H and O–H groups in total. The zero-order valence-electron chi connectivity index (χ0n) is 8.42. The molecule has 0 aliphatic carbocycles. The number of ether oxygens (including phenoxy) is 1. The van der Waals surface area contributed by atoms with Crippen molar-refractivity contribution in [2.24, 2.45) is 5.92 Å². The summed E-state index contributed by atoms with van der Waals surface area (Å²) in [6.45, 7) is 1.76. The Morgan fingerprint density at radius 1 is 1.57 bits per heavy atom. The topological polar surface area (TPSA) is 47.3 Å². The first kappa shape index (κ1) is 9.34. The molecule has 0 fully saturated rings. The first-order valence-electron chi connectivity index (χ1n) is 4.96. The summed E-state index contributed by atoms with van der Waals surface area (Å²) in [5, 5.41) is 3.17. The highest BCUT2D eigenvalue weighted by molar-refractivity contribution is 5.57. The maximum atomic E-state index is 5.82. The molecule has 1 aromatic rings. The van der Waals surface area contributed by atoms with Gasteiger partial charge in [0.2, 0.25) is 0 Å². The summed E-state index contributed by atoms with van der Waals surface area (Å²) in [4.78, 5) is 0. The molecule has 0 bridgehead atoms. The third-order valence-electron chi connectivity index (χ3n) is 2.59. The van der Waals surface area contributed by atoms with Crippen LogP contribution in [-0.2, 0) is 6.42 Å². The molecule has 3 nitrogen and oxygen atoms in total. The van der Waals surface area contributed by atoms with E-state index in [0.717, 1.165) is 31.0 Å². The number of hydrogen-bond donors (Lipinski definition) is 2. The summed E-state index contributed by atoms with van der Waals surface area (Å²) in [7, 11) is 1.97. The minimum atomic E-state index is 0.564. The molecular weight excluding hydrogens is 176 g/mol. The number of nitrogens with two attached hydrogens (primary N) is 1. The molecule has 3 heteroatoms. The van der Waals surface area contributed by atoms with Gasteiger partial charge in [-0.3, -0.25) is 0 Å². The molecule has 0 saturated carbocycles. The molecule has 1 atom stereocenters. The van der Waals surface area contributed by atoms with Crippen LogP contribution in [0, 0.1) is 5.92 Å². The van der Waals surface area contributed by atoms with Gasteiger partial charge in [0, 0.05) is 12.5 Å². The summed E-state index contributed by atoms with van der Waals surface area (Å²) in [6, 6.07) is 5.96. The molecule has 2 rings (SSSR count). The fraction of sp³-hybridized carbons (Fsp3) is 0.455. The predicted octanol–water partition coefficient (Wildman–Crippen LogP) is 1.04. The van der Waals surface area contributed by atoms with Crippen molar-refractivity contribution in [1.82, 2.24) is 5.32 Å². The molecule has 1 aliphatic rings. The SMILES string of the molecule is CNCC1COc2c(N)cccc2C1. The number of anilines is 1. The number of benzene rings is 1. The zero-order chi connectivity index (χ0) is 9.97. The second-order valence-corrected chi connectivity index (χ2v) is 3.77. The van der Waals surface area contributed by atoms with E-state index in [1.807, 2.05) is 19.2 Å². The van der Waals surface area contributed by atoms with E-state index >= 15 is 0 Å². The Balaban J connectivity index is 2.18. The van der Waals surface area contributed by atoms with Gasteiger partial charge in [-0.1, -0.05) is 12.1 Å². The summed E-state index contributed by atoms with van der Waals surface area (Å²) in [5.41, 5.74) is 7.81. The lowest BCUT2D eigenvalue weighted by molar-refractivity contribution is 0.222. The van der Waals surface area contributed by atoms with E-state index < -0.39 is 0 Å². The minimum absolute atomic E-state index is 0.564. The van der Waals surface area contributed by atoms with Crippen molar-refractivity contribution >= 4 is 5.69 Å². The van der Waals surface area contributed by atoms with Crippen molar-refractivity contribution in [2.75, 3.05) is 25.9 Å². The van der Waals surface area contributed by atoms with Crippen LogP contribution in [0.4, 0.5) is 5.69 Å². The van der Waals surface area contributed by atoms with Crippen LogP contribution in [0.25, 0.3) is 0 Å². The molecule has 0 aromatic heterocycles. The van der Waals surface area contributed by atoms with Gasteiger partial charge in [0.1, 0.15) is 5.75 Å². The average molecular weight is 192 g/mol. The van der Waals surface area contributed by atoms with Crippen LogP contribution in [-0.4, -0.2) is 20.2 Å². The number of rotatable bonds is 2. The number of para-hydroxylation sites is 1. The van der Waals surface area contributed by atoms with Gasteiger partial charge in [-0.25, -0.2) is 0 Å². The van der Waals surface area contributed by atoms with E-state index in [1.54, 1.807) is 0 Å². The Morgan fingerprint density at radius 3 is 3.21 bits per heavy atom. The molecule has 0 amide bonds. The van der Waals surface area contributed by atoms with Gasteiger partial charge >= 0.3 is 0 Å². The first-order valence-corrected chi connectivity index (χ1v) is 4.96. The summed E-state index contributed by atoms with van der Waals surface area (Å²) >= 11 is 0. The largest absolute Gasteiger partial charge is 0.491 e. The standard InChI is InChI=1S/C11H16N2O/c1-13-6-8-5-9-3-2-4-10(12)11(9)14-7-8/h2-4,8,13H,5-7,12H2,1H3. The van der Waals surface area contributed by atoms with Crippen molar-refractivity contribution in [2.45, 2.75) is 6.42 Å².